The molecule has 0 radical (unpaired) electrons. The number of nitrogens with one attached hydrogen (secondary N) is 1. The van der Waals surface area contributed by atoms with Gasteiger partial charge in [-0.05, 0) is 43.9 Å². The van der Waals surface area contributed by atoms with Crippen LogP contribution in [0.15, 0.2) is 58.2 Å². The van der Waals surface area contributed by atoms with Crippen LogP contribution in [0.1, 0.15) is 26.3 Å². The van der Waals surface area contributed by atoms with Crippen molar-refractivity contribution in [3.63, 3.8) is 0 Å². The first-order valence-corrected chi connectivity index (χ1v) is 13.9. The van der Waals surface area contributed by atoms with Crippen LogP contribution < -0.4 is 5.32 Å². The van der Waals surface area contributed by atoms with Crippen molar-refractivity contribution in [1.82, 2.24) is 10.2 Å². The van der Waals surface area contributed by atoms with E-state index in [-0.39, 0.29) is 11.4 Å². The maximum absolute atomic E-state index is 13.4. The lowest BCUT2D eigenvalue weighted by atomic mass is 10.0. The lowest BCUT2D eigenvalue weighted by Crippen LogP contribution is -2.71. The van der Waals surface area contributed by atoms with Gasteiger partial charge in [0.25, 0.3) is 11.8 Å². The lowest BCUT2D eigenvalue weighted by Gasteiger charge is -2.49. The van der Waals surface area contributed by atoms with E-state index < -0.39 is 47.4 Å². The number of carbonyl (C=O) groups excluding carboxylic acids is 3. The summed E-state index contributed by atoms with van der Waals surface area (Å²) >= 11 is 2.65. The lowest BCUT2D eigenvalue weighted by molar-refractivity contribution is -0.160. The number of carboxylic acid groups (broad SMARTS) is 1. The van der Waals surface area contributed by atoms with E-state index in [0.29, 0.717) is 16.2 Å². The van der Waals surface area contributed by atoms with E-state index in [4.69, 9.17) is 9.57 Å². The van der Waals surface area contributed by atoms with Gasteiger partial charge in [0.15, 0.2) is 5.71 Å². The highest BCUT2D eigenvalue weighted by Gasteiger charge is 2.54. The first-order valence-electron chi connectivity index (χ1n) is 11.7. The number of β-lactam (4-membered cyclic amide) rings is 1. The number of amides is 2. The number of fused-ring (bicyclic) bond motifs is 2. The first kappa shape index (κ1) is 27.5. The van der Waals surface area contributed by atoms with E-state index in [9.17, 15) is 24.3 Å². The summed E-state index contributed by atoms with van der Waals surface area (Å²) < 4.78 is 5.21. The molecule has 1 unspecified atom stereocenters. The minimum Gasteiger partial charge on any atom is -0.477 e. The van der Waals surface area contributed by atoms with E-state index >= 15 is 0 Å². The summed E-state index contributed by atoms with van der Waals surface area (Å²) in [6.07, 6.45) is 1.76. The van der Waals surface area contributed by atoms with Crippen molar-refractivity contribution >= 4 is 63.8 Å². The molecule has 2 aliphatic rings. The highest BCUT2D eigenvalue weighted by Crippen LogP contribution is 2.42. The molecule has 2 N–H and O–H groups in total. The maximum Gasteiger partial charge on any atom is 0.353 e. The molecular weight excluding hydrogens is 530 g/mol. The van der Waals surface area contributed by atoms with Gasteiger partial charge in [0.1, 0.15) is 22.7 Å². The second-order valence-electron chi connectivity index (χ2n) is 9.50. The van der Waals surface area contributed by atoms with Crippen molar-refractivity contribution in [3.8, 4) is 0 Å². The van der Waals surface area contributed by atoms with Gasteiger partial charge >= 0.3 is 11.9 Å². The predicted molar refractivity (Wildman–Crippen MR) is 145 cm³/mol. The molecule has 2 aromatic carbocycles. The van der Waals surface area contributed by atoms with Crippen molar-refractivity contribution in [2.75, 3.05) is 18.6 Å². The zero-order chi connectivity index (χ0) is 27.6. The quantitative estimate of drug-likeness (QED) is 0.217. The van der Waals surface area contributed by atoms with E-state index in [1.807, 2.05) is 30.3 Å². The molecule has 0 bridgehead atoms. The van der Waals surface area contributed by atoms with Gasteiger partial charge in [-0.3, -0.25) is 14.5 Å². The SMILES string of the molecule is CSC1=C(C(=O)O)N2C(=O)C(NC(=O)C(=NOCC(=O)OC(C)(C)C)c3ccc4ccccc4c3)[C@@H]2SC1. The van der Waals surface area contributed by atoms with Crippen molar-refractivity contribution in [3.05, 3.63) is 58.6 Å². The van der Waals surface area contributed by atoms with E-state index in [2.05, 4.69) is 10.5 Å². The standard InChI is InChI=1S/C26H27N3O7S2/c1-26(2,3)36-18(30)12-35-28-19(16-10-9-14-7-5-6-8-15(14)11-16)22(31)27-20-23(32)29-21(25(33)34)17(37-4)13-38-24(20)29/h5-11,20,24H,12-13H2,1-4H3,(H,27,31)(H,33,34)/t20?,24-/m0/s1. The molecule has 0 aliphatic carbocycles. The second kappa shape index (κ2) is 11.1. The number of hydrogen-bond acceptors (Lipinski definition) is 9. The molecule has 1 fully saturated rings. The first-order chi connectivity index (χ1) is 18.0. The Labute approximate surface area is 227 Å². The van der Waals surface area contributed by atoms with Crippen LogP contribution in [0.4, 0.5) is 0 Å². The highest BCUT2D eigenvalue weighted by molar-refractivity contribution is 8.05. The second-order valence-corrected chi connectivity index (χ2v) is 11.5. The summed E-state index contributed by atoms with van der Waals surface area (Å²) in [6.45, 7) is 4.65. The van der Waals surface area contributed by atoms with Crippen molar-refractivity contribution < 1.29 is 33.9 Å². The number of benzene rings is 2. The number of carboxylic acids is 1. The molecule has 2 amide bonds. The molecule has 0 saturated carbocycles. The highest BCUT2D eigenvalue weighted by atomic mass is 32.2. The average molecular weight is 558 g/mol. The number of esters is 1. The summed E-state index contributed by atoms with van der Waals surface area (Å²) in [4.78, 5) is 57.2. The number of hydrogen-bond donors (Lipinski definition) is 2. The fourth-order valence-electron chi connectivity index (χ4n) is 4.04. The Morgan fingerprint density at radius 3 is 2.55 bits per heavy atom. The molecule has 1 saturated heterocycles. The number of carbonyl (C=O) groups is 4. The van der Waals surface area contributed by atoms with Crippen LogP contribution in [0, 0.1) is 0 Å². The third-order valence-electron chi connectivity index (χ3n) is 5.67. The van der Waals surface area contributed by atoms with Crippen molar-refractivity contribution in [1.29, 1.82) is 0 Å². The number of oxime groups is 1. The Morgan fingerprint density at radius 1 is 1.18 bits per heavy atom. The van der Waals surface area contributed by atoms with Crippen LogP contribution in [0.3, 0.4) is 0 Å². The Kier molecular flexibility index (Phi) is 8.02. The van der Waals surface area contributed by atoms with Crippen LogP contribution >= 0.6 is 23.5 Å². The zero-order valence-electron chi connectivity index (χ0n) is 21.2. The molecule has 4 rings (SSSR count). The molecule has 0 spiro atoms. The zero-order valence-corrected chi connectivity index (χ0v) is 22.9. The van der Waals surface area contributed by atoms with Gasteiger partial charge in [-0.2, -0.15) is 0 Å². The van der Waals surface area contributed by atoms with Crippen LogP contribution in [-0.4, -0.2) is 75.1 Å². The molecular formula is C26H27N3O7S2. The fourth-order valence-corrected chi connectivity index (χ4v) is 6.29. The third-order valence-corrected chi connectivity index (χ3v) is 7.96. The molecule has 2 heterocycles. The van der Waals surface area contributed by atoms with E-state index in [0.717, 1.165) is 10.8 Å². The monoisotopic (exact) mass is 557 g/mol. The van der Waals surface area contributed by atoms with Crippen LogP contribution in [0.25, 0.3) is 10.8 Å². The number of rotatable bonds is 8. The minimum atomic E-state index is -1.19. The molecule has 12 heteroatoms. The Balaban J connectivity index is 1.57. The number of ether oxygens (including phenoxy) is 1. The molecule has 10 nitrogen and oxygen atoms in total. The summed E-state index contributed by atoms with van der Waals surface area (Å²) in [5.41, 5.74) is -0.483. The smallest absolute Gasteiger partial charge is 0.353 e. The van der Waals surface area contributed by atoms with Crippen molar-refractivity contribution in [2.24, 2.45) is 5.16 Å². The molecule has 2 atom stereocenters. The van der Waals surface area contributed by atoms with Crippen LogP contribution in [0.2, 0.25) is 0 Å². The molecule has 2 aromatic rings. The van der Waals surface area contributed by atoms with Gasteiger partial charge in [-0.1, -0.05) is 41.6 Å². The van der Waals surface area contributed by atoms with Crippen molar-refractivity contribution in [2.45, 2.75) is 37.8 Å². The Bertz CT molecular complexity index is 1370. The van der Waals surface area contributed by atoms with Gasteiger partial charge in [0.2, 0.25) is 6.61 Å². The Morgan fingerprint density at radius 2 is 1.89 bits per heavy atom. The summed E-state index contributed by atoms with van der Waals surface area (Å²) in [5, 5.41) is 17.5. The van der Waals surface area contributed by atoms with Gasteiger partial charge in [0, 0.05) is 16.2 Å². The predicted octanol–water partition coefficient (Wildman–Crippen LogP) is 2.96. The summed E-state index contributed by atoms with van der Waals surface area (Å²) in [7, 11) is 0. The van der Waals surface area contributed by atoms with Crippen LogP contribution in [-0.2, 0) is 28.8 Å². The number of nitrogens with zero attached hydrogens (tertiary/aromatic N) is 2. The van der Waals surface area contributed by atoms with Gasteiger partial charge in [-0.25, -0.2) is 9.59 Å². The van der Waals surface area contributed by atoms with Gasteiger partial charge < -0.3 is 20.0 Å². The van der Waals surface area contributed by atoms with Crippen LogP contribution in [0.5, 0.6) is 0 Å². The Hall–Kier alpha value is -3.51. The molecule has 38 heavy (non-hydrogen) atoms. The average Bonchev–Trinajstić information content (AvgIpc) is 2.87. The molecule has 200 valence electrons. The van der Waals surface area contributed by atoms with Gasteiger partial charge in [0.05, 0.1) is 0 Å². The number of thioether (sulfide) groups is 2. The summed E-state index contributed by atoms with van der Waals surface area (Å²) in [5.74, 6) is -2.65. The topological polar surface area (TPSA) is 135 Å². The maximum atomic E-state index is 13.4. The molecule has 2 aliphatic heterocycles. The normalized spacial score (nSPS) is 19.5. The van der Waals surface area contributed by atoms with Gasteiger partial charge in [-0.15, -0.1) is 23.5 Å². The summed E-state index contributed by atoms with van der Waals surface area (Å²) in [6, 6.07) is 11.9. The number of aliphatic carboxylic acids is 1. The van der Waals surface area contributed by atoms with E-state index in [1.54, 1.807) is 39.2 Å². The minimum absolute atomic E-state index is 0.0548. The third kappa shape index (κ3) is 5.81. The fraction of sp³-hybridized carbons (Fsp3) is 0.346. The largest absolute Gasteiger partial charge is 0.477 e. The van der Waals surface area contributed by atoms with E-state index in [1.165, 1.54) is 28.4 Å². The molecule has 0 aromatic heterocycles.